The number of hydrogen-bond acceptors (Lipinski definition) is 1. The van der Waals surface area contributed by atoms with Gasteiger partial charge in [-0.1, -0.05) is 13.0 Å². The molecular weight excluding hydrogens is 150 g/mol. The standard InChI is InChI=1S/C10H13NO/c1-2-8-5-6-9-4-3-7-11(9)10(8)12/h5-6H,2-4,7H2,1H3. The Hall–Kier alpha value is -1.05. The molecule has 2 rings (SSSR count). The van der Waals surface area contributed by atoms with Gasteiger partial charge in [-0.15, -0.1) is 0 Å². The monoisotopic (exact) mass is 163 g/mol. The topological polar surface area (TPSA) is 22.0 Å². The minimum Gasteiger partial charge on any atom is -0.312 e. The van der Waals surface area contributed by atoms with Crippen LogP contribution in [-0.4, -0.2) is 4.57 Å². The van der Waals surface area contributed by atoms with Crippen LogP contribution < -0.4 is 5.56 Å². The molecule has 0 bridgehead atoms. The average molecular weight is 163 g/mol. The van der Waals surface area contributed by atoms with E-state index in [9.17, 15) is 4.79 Å². The van der Waals surface area contributed by atoms with Crippen LogP contribution in [0, 0.1) is 0 Å². The van der Waals surface area contributed by atoms with E-state index in [2.05, 4.69) is 6.07 Å². The number of pyridine rings is 1. The number of fused-ring (bicyclic) bond motifs is 1. The molecule has 64 valence electrons. The molecule has 2 heteroatoms. The van der Waals surface area contributed by atoms with Crippen LogP contribution in [0.1, 0.15) is 24.6 Å². The van der Waals surface area contributed by atoms with Crippen molar-refractivity contribution in [1.82, 2.24) is 4.57 Å². The fraction of sp³-hybridized carbons (Fsp3) is 0.500. The maximum Gasteiger partial charge on any atom is 0.253 e. The summed E-state index contributed by atoms with van der Waals surface area (Å²) in [5.74, 6) is 0. The Labute approximate surface area is 71.8 Å². The molecule has 0 aliphatic carbocycles. The minimum absolute atomic E-state index is 0.229. The lowest BCUT2D eigenvalue weighted by Gasteiger charge is -2.03. The van der Waals surface area contributed by atoms with Crippen LogP contribution in [0.2, 0.25) is 0 Å². The molecule has 0 radical (unpaired) electrons. The maximum atomic E-state index is 11.7. The summed E-state index contributed by atoms with van der Waals surface area (Å²) in [7, 11) is 0. The van der Waals surface area contributed by atoms with Crippen molar-refractivity contribution in [3.8, 4) is 0 Å². The van der Waals surface area contributed by atoms with E-state index >= 15 is 0 Å². The Morgan fingerprint density at radius 1 is 1.50 bits per heavy atom. The van der Waals surface area contributed by atoms with E-state index in [1.807, 2.05) is 17.6 Å². The van der Waals surface area contributed by atoms with Crippen molar-refractivity contribution in [2.45, 2.75) is 32.7 Å². The quantitative estimate of drug-likeness (QED) is 0.612. The molecule has 0 aromatic carbocycles. The molecule has 0 fully saturated rings. The van der Waals surface area contributed by atoms with Crippen LogP contribution in [-0.2, 0) is 19.4 Å². The van der Waals surface area contributed by atoms with Crippen LogP contribution in [0.3, 0.4) is 0 Å². The fourth-order valence-corrected chi connectivity index (χ4v) is 1.81. The molecule has 1 aromatic rings. The normalized spacial score (nSPS) is 14.8. The fourth-order valence-electron chi connectivity index (χ4n) is 1.81. The van der Waals surface area contributed by atoms with Gasteiger partial charge in [0.2, 0.25) is 0 Å². The third-order valence-corrected chi connectivity index (χ3v) is 2.54. The zero-order valence-corrected chi connectivity index (χ0v) is 7.34. The Kier molecular flexibility index (Phi) is 1.75. The van der Waals surface area contributed by atoms with Crippen LogP contribution in [0.4, 0.5) is 0 Å². The second-order valence-corrected chi connectivity index (χ2v) is 3.26. The zero-order valence-electron chi connectivity index (χ0n) is 7.34. The first-order chi connectivity index (χ1) is 5.83. The highest BCUT2D eigenvalue weighted by molar-refractivity contribution is 5.18. The van der Waals surface area contributed by atoms with Crippen LogP contribution in [0.25, 0.3) is 0 Å². The van der Waals surface area contributed by atoms with E-state index in [4.69, 9.17) is 0 Å². The number of rotatable bonds is 1. The number of nitrogens with zero attached hydrogens (tertiary/aromatic N) is 1. The highest BCUT2D eigenvalue weighted by atomic mass is 16.1. The molecule has 0 saturated heterocycles. The molecule has 1 aromatic heterocycles. The molecule has 1 aliphatic heterocycles. The molecule has 2 nitrogen and oxygen atoms in total. The van der Waals surface area contributed by atoms with Gasteiger partial charge in [-0.2, -0.15) is 0 Å². The molecule has 0 unspecified atom stereocenters. The lowest BCUT2D eigenvalue weighted by Crippen LogP contribution is -2.22. The first-order valence-corrected chi connectivity index (χ1v) is 4.54. The zero-order chi connectivity index (χ0) is 8.55. The van der Waals surface area contributed by atoms with E-state index in [1.54, 1.807) is 0 Å². The summed E-state index contributed by atoms with van der Waals surface area (Å²) in [6.45, 7) is 2.95. The number of aromatic nitrogens is 1. The average Bonchev–Trinajstić information content (AvgIpc) is 2.53. The molecule has 1 aliphatic rings. The first kappa shape index (κ1) is 7.59. The highest BCUT2D eigenvalue weighted by Crippen LogP contribution is 2.11. The molecule has 0 N–H and O–H groups in total. The van der Waals surface area contributed by atoms with Gasteiger partial charge in [0.15, 0.2) is 0 Å². The van der Waals surface area contributed by atoms with Crippen molar-refractivity contribution in [1.29, 1.82) is 0 Å². The van der Waals surface area contributed by atoms with Crippen LogP contribution in [0.5, 0.6) is 0 Å². The molecule has 2 heterocycles. The lowest BCUT2D eigenvalue weighted by atomic mass is 10.2. The lowest BCUT2D eigenvalue weighted by molar-refractivity contribution is 0.712. The summed E-state index contributed by atoms with van der Waals surface area (Å²) < 4.78 is 1.92. The van der Waals surface area contributed by atoms with E-state index < -0.39 is 0 Å². The minimum atomic E-state index is 0.229. The molecule has 0 amide bonds. The van der Waals surface area contributed by atoms with E-state index in [-0.39, 0.29) is 5.56 Å². The van der Waals surface area contributed by atoms with Crippen molar-refractivity contribution < 1.29 is 0 Å². The van der Waals surface area contributed by atoms with E-state index in [0.29, 0.717) is 0 Å². The summed E-state index contributed by atoms with van der Waals surface area (Å²) in [6, 6.07) is 4.06. The second kappa shape index (κ2) is 2.77. The van der Waals surface area contributed by atoms with Crippen LogP contribution >= 0.6 is 0 Å². The van der Waals surface area contributed by atoms with Crippen molar-refractivity contribution in [3.05, 3.63) is 33.7 Å². The third-order valence-electron chi connectivity index (χ3n) is 2.54. The summed E-state index contributed by atoms with van der Waals surface area (Å²) in [6.07, 6.45) is 3.04. The predicted octanol–water partition coefficient (Wildman–Crippen LogP) is 1.36. The van der Waals surface area contributed by atoms with Gasteiger partial charge in [-0.05, 0) is 25.3 Å². The largest absolute Gasteiger partial charge is 0.312 e. The summed E-state index contributed by atoms with van der Waals surface area (Å²) in [5.41, 5.74) is 2.38. The Morgan fingerprint density at radius 2 is 2.33 bits per heavy atom. The molecule has 0 atom stereocenters. The number of aryl methyl sites for hydroxylation is 2. The second-order valence-electron chi connectivity index (χ2n) is 3.26. The first-order valence-electron chi connectivity index (χ1n) is 4.54. The third kappa shape index (κ3) is 0.986. The van der Waals surface area contributed by atoms with Crippen LogP contribution in [0.15, 0.2) is 16.9 Å². The maximum absolute atomic E-state index is 11.7. The highest BCUT2D eigenvalue weighted by Gasteiger charge is 2.12. The molecule has 12 heavy (non-hydrogen) atoms. The van der Waals surface area contributed by atoms with Crippen molar-refractivity contribution >= 4 is 0 Å². The van der Waals surface area contributed by atoms with Crippen molar-refractivity contribution in [3.63, 3.8) is 0 Å². The summed E-state index contributed by atoms with van der Waals surface area (Å²) >= 11 is 0. The van der Waals surface area contributed by atoms with Gasteiger partial charge in [0, 0.05) is 17.8 Å². The summed E-state index contributed by atoms with van der Waals surface area (Å²) in [5, 5.41) is 0. The van der Waals surface area contributed by atoms with E-state index in [1.165, 1.54) is 5.69 Å². The smallest absolute Gasteiger partial charge is 0.253 e. The van der Waals surface area contributed by atoms with Crippen molar-refractivity contribution in [2.24, 2.45) is 0 Å². The van der Waals surface area contributed by atoms with Gasteiger partial charge >= 0.3 is 0 Å². The molecule has 0 spiro atoms. The van der Waals surface area contributed by atoms with Gasteiger partial charge in [0.25, 0.3) is 5.56 Å². The van der Waals surface area contributed by atoms with Crippen molar-refractivity contribution in [2.75, 3.05) is 0 Å². The van der Waals surface area contributed by atoms with Gasteiger partial charge in [0.05, 0.1) is 0 Å². The Morgan fingerprint density at radius 3 is 3.08 bits per heavy atom. The predicted molar refractivity (Wildman–Crippen MR) is 48.4 cm³/mol. The number of hydrogen-bond donors (Lipinski definition) is 0. The van der Waals surface area contributed by atoms with Gasteiger partial charge in [-0.25, -0.2) is 0 Å². The van der Waals surface area contributed by atoms with Gasteiger partial charge < -0.3 is 4.57 Å². The Balaban J connectivity index is 2.62. The van der Waals surface area contributed by atoms with Gasteiger partial charge in [-0.3, -0.25) is 4.79 Å². The van der Waals surface area contributed by atoms with Gasteiger partial charge in [0.1, 0.15) is 0 Å². The molecular formula is C10H13NO. The van der Waals surface area contributed by atoms with E-state index in [0.717, 1.165) is 31.4 Å². The summed E-state index contributed by atoms with van der Waals surface area (Å²) in [4.78, 5) is 11.7. The SMILES string of the molecule is CCc1ccc2n(c1=O)CCC2. The Bertz CT molecular complexity index is 351. The molecule has 0 saturated carbocycles.